The number of nitro benzene ring substituents is 1. The summed E-state index contributed by atoms with van der Waals surface area (Å²) in [5.74, 6) is -0.540. The maximum absolute atomic E-state index is 14.7. The molecule has 18 heteroatoms. The van der Waals surface area contributed by atoms with Crippen molar-refractivity contribution in [1.82, 2.24) is 19.6 Å². The van der Waals surface area contributed by atoms with Crippen LogP contribution in [0.4, 0.5) is 28.4 Å². The first-order chi connectivity index (χ1) is 33.4. The van der Waals surface area contributed by atoms with E-state index in [0.717, 1.165) is 56.0 Å². The molecular formula is C51H60N8O9S. The molecule has 5 aromatic rings. The van der Waals surface area contributed by atoms with Crippen molar-refractivity contribution < 1.29 is 37.1 Å². The van der Waals surface area contributed by atoms with Gasteiger partial charge in [0.05, 0.1) is 52.5 Å². The molecule has 11 rings (SSSR count). The third-order valence-corrected chi connectivity index (χ3v) is 16.7. The molecule has 17 nitrogen and oxygen atoms in total. The average molecular weight is 961 g/mol. The van der Waals surface area contributed by atoms with E-state index in [1.54, 1.807) is 6.07 Å². The van der Waals surface area contributed by atoms with Crippen molar-refractivity contribution in [2.24, 2.45) is 5.41 Å². The summed E-state index contributed by atoms with van der Waals surface area (Å²) in [6, 6.07) is 21.0. The highest BCUT2D eigenvalue weighted by Gasteiger charge is 2.50. The van der Waals surface area contributed by atoms with E-state index in [9.17, 15) is 23.3 Å². The number of anilines is 4. The van der Waals surface area contributed by atoms with Crippen LogP contribution >= 0.6 is 0 Å². The number of aromatic amines is 1. The van der Waals surface area contributed by atoms with Gasteiger partial charge in [-0.25, -0.2) is 13.1 Å². The van der Waals surface area contributed by atoms with Gasteiger partial charge in [0.15, 0.2) is 11.4 Å². The summed E-state index contributed by atoms with van der Waals surface area (Å²) in [4.78, 5) is 41.2. The zero-order valence-corrected chi connectivity index (χ0v) is 40.1. The monoisotopic (exact) mass is 960 g/mol. The number of piperidine rings is 1. The highest BCUT2D eigenvalue weighted by atomic mass is 32.2. The lowest BCUT2D eigenvalue weighted by atomic mass is 9.59. The van der Waals surface area contributed by atoms with E-state index in [2.05, 4.69) is 60.9 Å². The zero-order valence-electron chi connectivity index (χ0n) is 39.3. The van der Waals surface area contributed by atoms with Crippen LogP contribution in [0.2, 0.25) is 0 Å². The second-order valence-corrected chi connectivity index (χ2v) is 21.6. The standard InChI is InChI=1S/C51H60N8O9S/c1-4-32-8-5-6-9-38(32)40-10-7-18-57(40)36-26-51(27-36)15-19-56(20-16-51)35-11-12-39(42(23-35)58-41-14-21-65-30-46(41)68-50-44(58)22-33-13-17-52-48(33)54-50)49(60)55-69(63,64)37-24-43(59(61)62)47-45(25-37)67-29-34(53-47)28-66-31(2)3/h5-6,8-9,11-13,17,22-25,31,34,36,40-41,46,53H,4,7,10,14-16,18-21,26-30H2,1-3H3,(H,52,54)(H,55,60)/t34-,40-,41+,46-/m0/s1. The average Bonchev–Trinajstić information content (AvgIpc) is 4.02. The van der Waals surface area contributed by atoms with E-state index in [1.165, 1.54) is 42.9 Å². The Morgan fingerprint density at radius 3 is 2.65 bits per heavy atom. The van der Waals surface area contributed by atoms with Gasteiger partial charge in [-0.1, -0.05) is 31.2 Å². The molecule has 0 radical (unpaired) electrons. The number of fused-ring (bicyclic) bond motifs is 4. The SMILES string of the molecule is CCc1ccccc1[C@@H]1CCCN1C1CC2(CCN(c3ccc(C(=O)NS(=O)(=O)c4cc5c(c([N+](=O)[O-])c4)N[C@@H](COC(C)C)CO5)c(N4c5cc6cc[nH]c6nc5O[C@H]5COCC[C@H]54)c3)CC2)C1. The first kappa shape index (κ1) is 45.5. The fraction of sp³-hybridized carbons (Fsp3) is 0.490. The second-order valence-electron chi connectivity index (χ2n) is 19.9. The highest BCUT2D eigenvalue weighted by Crippen LogP contribution is 2.55. The van der Waals surface area contributed by atoms with Crippen LogP contribution < -0.4 is 29.3 Å². The van der Waals surface area contributed by atoms with Crippen molar-refractivity contribution >= 4 is 55.4 Å². The number of aromatic nitrogens is 2. The molecule has 0 bridgehead atoms. The fourth-order valence-electron chi connectivity index (χ4n) is 11.8. The van der Waals surface area contributed by atoms with Gasteiger partial charge in [0.1, 0.15) is 24.0 Å². The van der Waals surface area contributed by atoms with E-state index in [0.29, 0.717) is 60.0 Å². The third kappa shape index (κ3) is 8.52. The van der Waals surface area contributed by atoms with E-state index in [4.69, 9.17) is 23.9 Å². The van der Waals surface area contributed by atoms with E-state index < -0.39 is 43.6 Å². The van der Waals surface area contributed by atoms with Gasteiger partial charge in [-0.2, -0.15) is 4.98 Å². The summed E-state index contributed by atoms with van der Waals surface area (Å²) >= 11 is 0. The van der Waals surface area contributed by atoms with Crippen molar-refractivity contribution in [3.05, 3.63) is 99.7 Å². The molecular weight excluding hydrogens is 901 g/mol. The van der Waals surface area contributed by atoms with Gasteiger partial charge >= 0.3 is 0 Å². The lowest BCUT2D eigenvalue weighted by Crippen LogP contribution is -2.55. The van der Waals surface area contributed by atoms with Gasteiger partial charge in [0, 0.05) is 61.2 Å². The maximum Gasteiger partial charge on any atom is 0.297 e. The largest absolute Gasteiger partial charge is 0.489 e. The predicted octanol–water partition coefficient (Wildman–Crippen LogP) is 8.02. The Labute approximate surface area is 402 Å². The third-order valence-electron chi connectivity index (χ3n) is 15.4. The first-order valence-electron chi connectivity index (χ1n) is 24.5. The van der Waals surface area contributed by atoms with Crippen molar-refractivity contribution in [2.75, 3.05) is 61.2 Å². The number of H-pyrrole nitrogens is 1. The number of nitrogens with zero attached hydrogens (tertiary/aromatic N) is 5. The molecule has 3 saturated heterocycles. The molecule has 1 spiro atoms. The topological polar surface area (TPSA) is 194 Å². The molecule has 364 valence electrons. The fourth-order valence-corrected chi connectivity index (χ4v) is 12.8. The molecule has 5 aliphatic heterocycles. The number of amides is 1. The number of nitro groups is 1. The van der Waals surface area contributed by atoms with Crippen LogP contribution in [0.1, 0.15) is 93.2 Å². The number of carbonyl (C=O) groups excluding carboxylic acids is 1. The molecule has 2 aromatic heterocycles. The summed E-state index contributed by atoms with van der Waals surface area (Å²) < 4.78 is 54.8. The van der Waals surface area contributed by atoms with Crippen molar-refractivity contribution in [3.63, 3.8) is 0 Å². The molecule has 1 amide bonds. The quantitative estimate of drug-likeness (QED) is 0.0804. The van der Waals surface area contributed by atoms with Gasteiger partial charge in [-0.3, -0.25) is 19.8 Å². The van der Waals surface area contributed by atoms with E-state index >= 15 is 0 Å². The van der Waals surface area contributed by atoms with Crippen LogP contribution in [0.3, 0.4) is 0 Å². The molecule has 7 heterocycles. The number of ether oxygens (including phenoxy) is 4. The van der Waals surface area contributed by atoms with Crippen molar-refractivity contribution in [3.8, 4) is 11.6 Å². The summed E-state index contributed by atoms with van der Waals surface area (Å²) in [7, 11) is -4.69. The molecule has 1 saturated carbocycles. The number of rotatable bonds is 12. The number of sulfonamides is 1. The minimum atomic E-state index is -4.69. The van der Waals surface area contributed by atoms with Crippen molar-refractivity contribution in [1.29, 1.82) is 0 Å². The molecule has 0 unspecified atom stereocenters. The van der Waals surface area contributed by atoms with E-state index in [1.807, 2.05) is 44.3 Å². The maximum atomic E-state index is 14.7. The molecule has 3 aromatic carbocycles. The molecule has 4 fully saturated rings. The van der Waals surface area contributed by atoms with Gasteiger partial charge in [-0.05, 0) is 119 Å². The number of carbonyl (C=O) groups is 1. The Morgan fingerprint density at radius 2 is 1.86 bits per heavy atom. The molecule has 6 aliphatic rings. The Kier molecular flexibility index (Phi) is 11.9. The minimum absolute atomic E-state index is 0.0133. The van der Waals surface area contributed by atoms with Crippen LogP contribution in [0, 0.1) is 15.5 Å². The van der Waals surface area contributed by atoms with Crippen LogP contribution in [-0.4, -0.2) is 111 Å². The Morgan fingerprint density at radius 1 is 1.03 bits per heavy atom. The number of hydrogen-bond acceptors (Lipinski definition) is 14. The number of benzene rings is 3. The van der Waals surface area contributed by atoms with Crippen LogP contribution in [0.5, 0.6) is 11.6 Å². The Bertz CT molecular complexity index is 2890. The van der Waals surface area contributed by atoms with Gasteiger partial charge in [-0.15, -0.1) is 0 Å². The van der Waals surface area contributed by atoms with E-state index in [-0.39, 0.29) is 42.4 Å². The summed E-state index contributed by atoms with van der Waals surface area (Å²) in [6.07, 6.45) is 9.88. The number of likely N-dealkylation sites (tertiary alicyclic amines) is 1. The smallest absolute Gasteiger partial charge is 0.297 e. The summed E-state index contributed by atoms with van der Waals surface area (Å²) in [5, 5.41) is 16.3. The van der Waals surface area contributed by atoms with Crippen LogP contribution in [0.25, 0.3) is 11.0 Å². The summed E-state index contributed by atoms with van der Waals surface area (Å²) in [6.45, 7) is 9.94. The van der Waals surface area contributed by atoms with Gasteiger partial charge in [0.2, 0.25) is 5.88 Å². The Balaban J connectivity index is 0.889. The van der Waals surface area contributed by atoms with Crippen molar-refractivity contribution in [2.45, 2.75) is 113 Å². The van der Waals surface area contributed by atoms with Crippen LogP contribution in [0.15, 0.2) is 77.8 Å². The lowest BCUT2D eigenvalue weighted by Gasteiger charge is -2.56. The predicted molar refractivity (Wildman–Crippen MR) is 261 cm³/mol. The number of pyridine rings is 1. The molecule has 3 N–H and O–H groups in total. The van der Waals surface area contributed by atoms with Gasteiger partial charge < -0.3 is 39.0 Å². The number of hydrogen-bond donors (Lipinski definition) is 3. The summed E-state index contributed by atoms with van der Waals surface area (Å²) in [5.41, 5.74) is 5.60. The lowest BCUT2D eigenvalue weighted by molar-refractivity contribution is -0.384. The molecule has 1 aliphatic carbocycles. The zero-order chi connectivity index (χ0) is 47.6. The molecule has 69 heavy (non-hydrogen) atoms. The number of nitrogens with one attached hydrogen (secondary N) is 3. The van der Waals surface area contributed by atoms with Gasteiger partial charge in [0.25, 0.3) is 21.6 Å². The first-order valence-corrected chi connectivity index (χ1v) is 26.0. The Hall–Kier alpha value is -5.95. The highest BCUT2D eigenvalue weighted by molar-refractivity contribution is 7.90. The second kappa shape index (κ2) is 18.1. The number of aryl methyl sites for hydroxylation is 1. The van der Waals surface area contributed by atoms with Crippen LogP contribution in [-0.2, 0) is 25.9 Å². The normalized spacial score (nSPS) is 23.4. The molecule has 4 atom stereocenters. The minimum Gasteiger partial charge on any atom is -0.489 e.